The van der Waals surface area contributed by atoms with E-state index in [0.717, 1.165) is 12.8 Å². The van der Waals surface area contributed by atoms with Crippen LogP contribution < -0.4 is 10.0 Å². The van der Waals surface area contributed by atoms with Crippen molar-refractivity contribution in [3.63, 3.8) is 0 Å². The van der Waals surface area contributed by atoms with Crippen LogP contribution in [-0.2, 0) is 14.8 Å². The van der Waals surface area contributed by atoms with Crippen molar-refractivity contribution in [1.82, 2.24) is 5.32 Å². The van der Waals surface area contributed by atoms with Gasteiger partial charge < -0.3 is 10.1 Å². The Hall–Kier alpha value is -2.59. The smallest absolute Gasteiger partial charge is 0.264 e. The maximum Gasteiger partial charge on any atom is 0.264 e. The van der Waals surface area contributed by atoms with Crippen molar-refractivity contribution >= 4 is 21.6 Å². The van der Waals surface area contributed by atoms with Gasteiger partial charge in [-0.1, -0.05) is 12.1 Å². The summed E-state index contributed by atoms with van der Waals surface area (Å²) in [6.45, 7) is 0.883. The summed E-state index contributed by atoms with van der Waals surface area (Å²) in [4.78, 5) is 11.4. The van der Waals surface area contributed by atoms with E-state index in [4.69, 9.17) is 4.74 Å². The number of carbonyl (C=O) groups excluding carboxylic acids is 1. The van der Waals surface area contributed by atoms with Gasteiger partial charge in [-0.2, -0.15) is 0 Å². The second kappa shape index (κ2) is 8.19. The first kappa shape index (κ1) is 20.2. The van der Waals surface area contributed by atoms with E-state index in [-0.39, 0.29) is 23.9 Å². The fourth-order valence-electron chi connectivity index (χ4n) is 2.79. The summed E-state index contributed by atoms with van der Waals surface area (Å²) < 4.78 is 72.7. The van der Waals surface area contributed by atoms with Gasteiger partial charge in [0.1, 0.15) is 4.90 Å². The van der Waals surface area contributed by atoms with Crippen molar-refractivity contribution in [2.24, 2.45) is 0 Å². The van der Waals surface area contributed by atoms with Crippen LogP contribution in [-0.4, -0.2) is 33.6 Å². The second-order valence-corrected chi connectivity index (χ2v) is 7.82. The van der Waals surface area contributed by atoms with Gasteiger partial charge in [0.2, 0.25) is 0 Å². The summed E-state index contributed by atoms with van der Waals surface area (Å²) in [5.41, 5.74) is -0.136. The van der Waals surface area contributed by atoms with Crippen LogP contribution in [0.15, 0.2) is 41.3 Å². The number of hydrogen-bond donors (Lipinski definition) is 2. The Bertz CT molecular complexity index is 992. The molecule has 0 aliphatic carbocycles. The van der Waals surface area contributed by atoms with Crippen LogP contribution >= 0.6 is 0 Å². The molecule has 1 atom stereocenters. The first-order valence-corrected chi connectivity index (χ1v) is 9.93. The maximum absolute atomic E-state index is 13.9. The van der Waals surface area contributed by atoms with Crippen molar-refractivity contribution in [2.45, 2.75) is 23.8 Å². The number of rotatable bonds is 6. The highest BCUT2D eigenvalue weighted by Gasteiger charge is 2.26. The molecule has 0 aromatic heterocycles. The number of carbonyl (C=O) groups is 1. The fourth-order valence-corrected chi connectivity index (χ4v) is 3.94. The molecule has 0 radical (unpaired) electrons. The molecule has 2 aromatic rings. The van der Waals surface area contributed by atoms with Crippen molar-refractivity contribution in [3.05, 3.63) is 59.4 Å². The van der Waals surface area contributed by atoms with Crippen LogP contribution in [0.25, 0.3) is 0 Å². The lowest BCUT2D eigenvalue weighted by atomic mass is 10.1. The molecule has 1 aliphatic rings. The molecule has 28 heavy (non-hydrogen) atoms. The molecule has 150 valence electrons. The Morgan fingerprint density at radius 3 is 2.57 bits per heavy atom. The average Bonchev–Trinajstić information content (AvgIpc) is 3.18. The van der Waals surface area contributed by atoms with Crippen molar-refractivity contribution in [2.75, 3.05) is 17.9 Å². The summed E-state index contributed by atoms with van der Waals surface area (Å²) in [6.07, 6.45) is 1.60. The van der Waals surface area contributed by atoms with E-state index in [9.17, 15) is 26.4 Å². The molecule has 0 unspecified atom stereocenters. The molecule has 0 bridgehead atoms. The second-order valence-electron chi connectivity index (χ2n) is 6.17. The summed E-state index contributed by atoms with van der Waals surface area (Å²) in [6, 6.07) is 6.79. The molecular formula is C18H17F3N2O4S. The molecular weight excluding hydrogens is 397 g/mol. The van der Waals surface area contributed by atoms with Crippen molar-refractivity contribution in [3.8, 4) is 0 Å². The first-order chi connectivity index (χ1) is 13.3. The van der Waals surface area contributed by atoms with E-state index in [1.165, 1.54) is 24.3 Å². The van der Waals surface area contributed by atoms with Gasteiger partial charge >= 0.3 is 0 Å². The highest BCUT2D eigenvalue weighted by molar-refractivity contribution is 7.92. The zero-order chi connectivity index (χ0) is 20.3. The molecule has 0 saturated carbocycles. The SMILES string of the molecule is O=C(NC[C@@H]1CCCO1)c1ccccc1NS(=O)(=O)c1ccc(F)c(F)c1F. The highest BCUT2D eigenvalue weighted by Crippen LogP contribution is 2.24. The number of ether oxygens (including phenoxy) is 1. The van der Waals surface area contributed by atoms with Gasteiger partial charge in [-0.25, -0.2) is 21.6 Å². The van der Waals surface area contributed by atoms with Crippen LogP contribution in [0.4, 0.5) is 18.9 Å². The molecule has 10 heteroatoms. The van der Waals surface area contributed by atoms with E-state index in [1.54, 1.807) is 0 Å². The van der Waals surface area contributed by atoms with Gasteiger partial charge in [-0.15, -0.1) is 0 Å². The number of anilines is 1. The van der Waals surface area contributed by atoms with Gasteiger partial charge in [-0.05, 0) is 37.1 Å². The van der Waals surface area contributed by atoms with Crippen LogP contribution in [0.5, 0.6) is 0 Å². The van der Waals surface area contributed by atoms with Gasteiger partial charge in [0, 0.05) is 13.2 Å². The molecule has 1 saturated heterocycles. The number of sulfonamides is 1. The largest absolute Gasteiger partial charge is 0.376 e. The van der Waals surface area contributed by atoms with Crippen LogP contribution in [0.2, 0.25) is 0 Å². The molecule has 2 N–H and O–H groups in total. The zero-order valence-electron chi connectivity index (χ0n) is 14.5. The summed E-state index contributed by atoms with van der Waals surface area (Å²) in [5, 5.41) is 2.65. The van der Waals surface area contributed by atoms with Gasteiger partial charge in [0.05, 0.1) is 17.4 Å². The predicted octanol–water partition coefficient (Wildman–Crippen LogP) is 2.81. The molecule has 2 aromatic carbocycles. The lowest BCUT2D eigenvalue weighted by Gasteiger charge is -2.15. The summed E-state index contributed by atoms with van der Waals surface area (Å²) in [7, 11) is -4.61. The molecule has 3 rings (SSSR count). The minimum atomic E-state index is -4.61. The Morgan fingerprint density at radius 2 is 1.86 bits per heavy atom. The Morgan fingerprint density at radius 1 is 1.11 bits per heavy atom. The third-order valence-corrected chi connectivity index (χ3v) is 5.60. The van der Waals surface area contributed by atoms with Crippen LogP contribution in [0.3, 0.4) is 0 Å². The van der Waals surface area contributed by atoms with Gasteiger partial charge in [-0.3, -0.25) is 9.52 Å². The van der Waals surface area contributed by atoms with Crippen LogP contribution in [0, 0.1) is 17.5 Å². The van der Waals surface area contributed by atoms with Crippen molar-refractivity contribution in [1.29, 1.82) is 0 Å². The minimum absolute atomic E-state index is 0.00735. The zero-order valence-corrected chi connectivity index (χ0v) is 15.4. The van der Waals surface area contributed by atoms with E-state index < -0.39 is 38.3 Å². The highest BCUT2D eigenvalue weighted by atomic mass is 32.2. The standard InChI is InChI=1S/C18H17F3N2O4S/c19-13-7-8-15(17(21)16(13)20)28(25,26)23-14-6-2-1-5-12(14)18(24)22-10-11-4-3-9-27-11/h1-2,5-8,11,23H,3-4,9-10H2,(H,22,24)/t11-/m0/s1. The van der Waals surface area contributed by atoms with Gasteiger partial charge in [0.25, 0.3) is 15.9 Å². The molecule has 6 nitrogen and oxygen atoms in total. The van der Waals surface area contributed by atoms with Crippen molar-refractivity contribution < 1.29 is 31.1 Å². The Labute approximate surface area is 159 Å². The third-order valence-electron chi connectivity index (χ3n) is 4.22. The third kappa shape index (κ3) is 4.28. The number of nitrogens with one attached hydrogen (secondary N) is 2. The Balaban J connectivity index is 1.82. The number of hydrogen-bond acceptors (Lipinski definition) is 4. The number of halogens is 3. The van der Waals surface area contributed by atoms with Crippen LogP contribution in [0.1, 0.15) is 23.2 Å². The average molecular weight is 414 g/mol. The molecule has 1 aliphatic heterocycles. The molecule has 1 fully saturated rings. The lowest BCUT2D eigenvalue weighted by molar-refractivity contribution is 0.0858. The summed E-state index contributed by atoms with van der Waals surface area (Å²) in [5.74, 6) is -5.80. The molecule has 0 spiro atoms. The minimum Gasteiger partial charge on any atom is -0.376 e. The quantitative estimate of drug-likeness (QED) is 0.712. The number of benzene rings is 2. The van der Waals surface area contributed by atoms with E-state index in [1.807, 2.05) is 0 Å². The van der Waals surface area contributed by atoms with E-state index in [2.05, 4.69) is 10.0 Å². The first-order valence-electron chi connectivity index (χ1n) is 8.45. The van der Waals surface area contributed by atoms with Gasteiger partial charge in [0.15, 0.2) is 17.5 Å². The van der Waals surface area contributed by atoms with E-state index >= 15 is 0 Å². The number of amides is 1. The maximum atomic E-state index is 13.9. The summed E-state index contributed by atoms with van der Waals surface area (Å²) >= 11 is 0. The Kier molecular flexibility index (Phi) is 5.90. The van der Waals surface area contributed by atoms with E-state index in [0.29, 0.717) is 18.7 Å². The lowest BCUT2D eigenvalue weighted by Crippen LogP contribution is -2.32. The molecule has 1 amide bonds. The predicted molar refractivity (Wildman–Crippen MR) is 94.9 cm³/mol. The normalized spacial score (nSPS) is 16.8. The topological polar surface area (TPSA) is 84.5 Å². The monoisotopic (exact) mass is 414 g/mol. The fraction of sp³-hybridized carbons (Fsp3) is 0.278. The molecule has 1 heterocycles. The number of para-hydroxylation sites is 1.